The molecule has 1 aliphatic rings. The molecule has 0 aliphatic carbocycles. The number of pyridine rings is 1. The third-order valence-corrected chi connectivity index (χ3v) is 7.90. The Hall–Kier alpha value is -4.21. The first-order chi connectivity index (χ1) is 21.8. The van der Waals surface area contributed by atoms with Gasteiger partial charge >= 0.3 is 12.5 Å². The predicted octanol–water partition coefficient (Wildman–Crippen LogP) is 5.51. The molecule has 0 radical (unpaired) electrons. The number of hydrogen-bond donors (Lipinski definition) is 1. The number of nitrogens with zero attached hydrogens (tertiary/aromatic N) is 3. The zero-order chi connectivity index (χ0) is 35.0. The highest BCUT2D eigenvalue weighted by Gasteiger charge is 2.37. The van der Waals surface area contributed by atoms with Crippen LogP contribution in [0.1, 0.15) is 35.3 Å². The number of nitrogens with one attached hydrogen (secondary N) is 1. The summed E-state index contributed by atoms with van der Waals surface area (Å²) >= 11 is 5.73. The summed E-state index contributed by atoms with van der Waals surface area (Å²) in [6, 6.07) is 3.14. The van der Waals surface area contributed by atoms with E-state index in [9.17, 15) is 40.7 Å². The first kappa shape index (κ1) is 35.6. The van der Waals surface area contributed by atoms with Crippen LogP contribution in [0.25, 0.3) is 10.9 Å². The van der Waals surface area contributed by atoms with Crippen LogP contribution >= 0.6 is 11.6 Å². The molecule has 1 fully saturated rings. The summed E-state index contributed by atoms with van der Waals surface area (Å²) in [4.78, 5) is 42.1. The highest BCUT2D eigenvalue weighted by molar-refractivity contribution is 6.27. The fourth-order valence-corrected chi connectivity index (χ4v) is 5.99. The van der Waals surface area contributed by atoms with Crippen LogP contribution in [-0.4, -0.2) is 72.0 Å². The van der Waals surface area contributed by atoms with Gasteiger partial charge in [0, 0.05) is 37.9 Å². The molecule has 3 aromatic rings. The van der Waals surface area contributed by atoms with Crippen molar-refractivity contribution >= 4 is 40.0 Å². The zero-order valence-electron chi connectivity index (χ0n) is 25.5. The van der Waals surface area contributed by atoms with Gasteiger partial charge < -0.3 is 29.2 Å². The first-order valence-corrected chi connectivity index (χ1v) is 14.6. The lowest BCUT2D eigenvalue weighted by molar-refractivity contribution is -0.274. The average molecular weight is 695 g/mol. The number of carbonyl (C=O) groups excluding carboxylic acids is 2. The molecular weight excluding hydrogens is 665 g/mol. The second-order valence-corrected chi connectivity index (χ2v) is 11.4. The van der Waals surface area contributed by atoms with Gasteiger partial charge in [-0.2, -0.15) is 13.2 Å². The van der Waals surface area contributed by atoms with Crippen LogP contribution in [0.3, 0.4) is 0 Å². The fourth-order valence-electron chi connectivity index (χ4n) is 5.86. The van der Waals surface area contributed by atoms with Crippen molar-refractivity contribution in [2.24, 2.45) is 0 Å². The van der Waals surface area contributed by atoms with Crippen molar-refractivity contribution in [2.45, 2.75) is 58.5 Å². The number of rotatable bonds is 8. The number of benzene rings is 2. The lowest BCUT2D eigenvalue weighted by Gasteiger charge is -2.45. The molecule has 0 saturated carbocycles. The van der Waals surface area contributed by atoms with Gasteiger partial charge in [-0.15, -0.1) is 24.8 Å². The molecule has 17 heteroatoms. The summed E-state index contributed by atoms with van der Waals surface area (Å²) in [5.41, 5.74) is -1.82. The molecule has 1 aromatic heterocycles. The number of amides is 2. The number of piperazine rings is 1. The molecule has 2 heterocycles. The van der Waals surface area contributed by atoms with Crippen molar-refractivity contribution in [2.75, 3.05) is 31.0 Å². The summed E-state index contributed by atoms with van der Waals surface area (Å²) in [5, 5.41) is 1.83. The van der Waals surface area contributed by atoms with Crippen LogP contribution in [0.5, 0.6) is 11.5 Å². The number of ether oxygens (including phenoxy) is 2. The van der Waals surface area contributed by atoms with E-state index in [1.165, 1.54) is 22.8 Å². The number of anilines is 1. The molecular formula is C30H30ClF7N4O5. The summed E-state index contributed by atoms with van der Waals surface area (Å²) in [5.74, 6) is -3.60. The number of aryl methyl sites for hydroxylation is 1. The molecule has 2 atom stereocenters. The number of methoxy groups -OCH3 is 1. The van der Waals surface area contributed by atoms with E-state index in [0.717, 1.165) is 25.3 Å². The number of carbonyl (C=O) groups is 2. The standard InChI is InChI=1S/C30H30ClF7N4O5/c1-15-7-19(47-30(36,37)38)6-5-18(15)10-39-28(45)21-13-41(14-29(33,34)35)24-20(26(21)44)8-22(32)25(27(24)46-4)40-11-16(2)42(17(3)12-40)23(43)9-31/h5-8,13,16-17H,9-12,14H2,1-4H3,(H,39,45)/t16-,17+. The number of halogens is 8. The largest absolute Gasteiger partial charge is 0.573 e. The third kappa shape index (κ3) is 7.85. The van der Waals surface area contributed by atoms with Gasteiger partial charge in [0.2, 0.25) is 11.3 Å². The molecule has 2 amide bonds. The molecule has 1 saturated heterocycles. The number of fused-ring (bicyclic) bond motifs is 1. The quantitative estimate of drug-likeness (QED) is 0.247. The van der Waals surface area contributed by atoms with Gasteiger partial charge in [-0.3, -0.25) is 14.4 Å². The number of hydrogen-bond acceptors (Lipinski definition) is 6. The Morgan fingerprint density at radius 2 is 1.70 bits per heavy atom. The van der Waals surface area contributed by atoms with Crippen molar-refractivity contribution in [3.8, 4) is 11.5 Å². The maximum Gasteiger partial charge on any atom is 0.573 e. The van der Waals surface area contributed by atoms with Gasteiger partial charge in [-0.1, -0.05) is 6.07 Å². The lowest BCUT2D eigenvalue weighted by Crippen LogP contribution is -2.59. The molecule has 9 nitrogen and oxygen atoms in total. The Morgan fingerprint density at radius 1 is 1.06 bits per heavy atom. The van der Waals surface area contributed by atoms with Crippen molar-refractivity contribution in [3.05, 3.63) is 63.2 Å². The summed E-state index contributed by atoms with van der Waals surface area (Å²) in [7, 11) is 1.11. The van der Waals surface area contributed by atoms with Gasteiger partial charge in [0.25, 0.3) is 5.91 Å². The topological polar surface area (TPSA) is 93.1 Å². The van der Waals surface area contributed by atoms with Gasteiger partial charge in [0.1, 0.15) is 29.4 Å². The first-order valence-electron chi connectivity index (χ1n) is 14.1. The van der Waals surface area contributed by atoms with Crippen LogP contribution in [0.15, 0.2) is 35.3 Å². The minimum absolute atomic E-state index is 0.0679. The van der Waals surface area contributed by atoms with Gasteiger partial charge in [-0.05, 0) is 50.1 Å². The molecule has 1 N–H and O–H groups in total. The second kappa shape index (κ2) is 13.5. The highest BCUT2D eigenvalue weighted by Crippen LogP contribution is 2.40. The molecule has 0 spiro atoms. The van der Waals surface area contributed by atoms with Crippen molar-refractivity contribution in [1.29, 1.82) is 0 Å². The fraction of sp³-hybridized carbons (Fsp3) is 0.433. The number of alkyl halides is 7. The zero-order valence-corrected chi connectivity index (χ0v) is 26.2. The Morgan fingerprint density at radius 3 is 2.23 bits per heavy atom. The molecule has 0 bridgehead atoms. The van der Waals surface area contributed by atoms with E-state index in [1.807, 2.05) is 0 Å². The van der Waals surface area contributed by atoms with E-state index in [4.69, 9.17) is 16.3 Å². The maximum atomic E-state index is 15.9. The van der Waals surface area contributed by atoms with Crippen LogP contribution in [0.2, 0.25) is 0 Å². The molecule has 256 valence electrons. The molecule has 4 rings (SSSR count). The lowest BCUT2D eigenvalue weighted by atomic mass is 10.0. The minimum atomic E-state index is -4.92. The van der Waals surface area contributed by atoms with E-state index < -0.39 is 70.5 Å². The van der Waals surface area contributed by atoms with E-state index in [1.54, 1.807) is 13.8 Å². The van der Waals surface area contributed by atoms with E-state index in [0.29, 0.717) is 16.3 Å². The average Bonchev–Trinajstić information content (AvgIpc) is 2.95. The van der Waals surface area contributed by atoms with E-state index in [2.05, 4.69) is 10.1 Å². The maximum absolute atomic E-state index is 15.9. The van der Waals surface area contributed by atoms with Gasteiger partial charge in [0.05, 0.1) is 18.0 Å². The molecule has 0 unspecified atom stereocenters. The molecule has 2 aromatic carbocycles. The van der Waals surface area contributed by atoms with Crippen molar-refractivity contribution in [3.63, 3.8) is 0 Å². The summed E-state index contributed by atoms with van der Waals surface area (Å²) in [6.07, 6.45) is -9.07. The van der Waals surface area contributed by atoms with Gasteiger partial charge in [0.15, 0.2) is 11.6 Å². The predicted molar refractivity (Wildman–Crippen MR) is 159 cm³/mol. The van der Waals surface area contributed by atoms with E-state index >= 15 is 4.39 Å². The SMILES string of the molecule is COc1c(N2C[C@@H](C)N(C(=O)CCl)[C@@H](C)C2)c(F)cc2c(=O)c(C(=O)NCc3ccc(OC(F)(F)F)cc3C)cn(CC(F)(F)F)c12. The Labute approximate surface area is 268 Å². The van der Waals surface area contributed by atoms with Crippen LogP contribution < -0.4 is 25.1 Å². The summed E-state index contributed by atoms with van der Waals surface area (Å²) < 4.78 is 105. The highest BCUT2D eigenvalue weighted by atomic mass is 35.5. The molecule has 1 aliphatic heterocycles. The van der Waals surface area contributed by atoms with Crippen molar-refractivity contribution < 1.29 is 49.8 Å². The van der Waals surface area contributed by atoms with E-state index in [-0.39, 0.29) is 48.4 Å². The summed E-state index contributed by atoms with van der Waals surface area (Å²) in [6.45, 7) is 3.01. The van der Waals surface area contributed by atoms with Crippen LogP contribution in [0, 0.1) is 12.7 Å². The minimum Gasteiger partial charge on any atom is -0.492 e. The number of aromatic nitrogens is 1. The second-order valence-electron chi connectivity index (χ2n) is 11.1. The Balaban J connectivity index is 1.76. The van der Waals surface area contributed by atoms with Gasteiger partial charge in [-0.25, -0.2) is 4.39 Å². The third-order valence-electron chi connectivity index (χ3n) is 7.67. The monoisotopic (exact) mass is 694 g/mol. The van der Waals surface area contributed by atoms with Crippen LogP contribution in [-0.2, 0) is 17.9 Å². The Bertz CT molecular complexity index is 1730. The van der Waals surface area contributed by atoms with Crippen molar-refractivity contribution in [1.82, 2.24) is 14.8 Å². The Kier molecular flexibility index (Phi) is 10.2. The van der Waals surface area contributed by atoms with Crippen LogP contribution in [0.4, 0.5) is 36.4 Å². The molecule has 47 heavy (non-hydrogen) atoms. The normalized spacial score (nSPS) is 17.2. The smallest absolute Gasteiger partial charge is 0.492 e.